The summed E-state index contributed by atoms with van der Waals surface area (Å²) in [4.78, 5) is 15.0. The number of anilines is 1. The van der Waals surface area contributed by atoms with Gasteiger partial charge in [0.25, 0.3) is 0 Å². The second-order valence-electron chi connectivity index (χ2n) is 8.10. The average molecular weight is 426 g/mol. The molecule has 0 atom stereocenters. The van der Waals surface area contributed by atoms with Gasteiger partial charge in [-0.15, -0.1) is 0 Å². The highest BCUT2D eigenvalue weighted by molar-refractivity contribution is 7.89. The Hall–Kier alpha value is -2.64. The minimum absolute atomic E-state index is 0.185. The highest BCUT2D eigenvalue weighted by atomic mass is 32.2. The van der Waals surface area contributed by atoms with Gasteiger partial charge in [0.15, 0.2) is 0 Å². The number of hydrogen-bond acceptors (Lipinski definition) is 3. The summed E-state index contributed by atoms with van der Waals surface area (Å²) in [6.07, 6.45) is 1.58. The predicted octanol–water partition coefficient (Wildman–Crippen LogP) is 4.31. The van der Waals surface area contributed by atoms with Crippen LogP contribution in [0.1, 0.15) is 42.5 Å². The molecular formula is C23H27N3O3S. The third kappa shape index (κ3) is 3.87. The second kappa shape index (κ2) is 7.89. The molecule has 1 saturated heterocycles. The monoisotopic (exact) mass is 425 g/mol. The molecule has 3 aromatic rings. The summed E-state index contributed by atoms with van der Waals surface area (Å²) in [7, 11) is -3.54. The van der Waals surface area contributed by atoms with E-state index < -0.39 is 10.0 Å². The molecule has 6 nitrogen and oxygen atoms in total. The summed E-state index contributed by atoms with van der Waals surface area (Å²) in [5.41, 5.74) is 5.46. The summed E-state index contributed by atoms with van der Waals surface area (Å²) < 4.78 is 27.6. The number of aryl methyl sites for hydroxylation is 2. The van der Waals surface area contributed by atoms with Crippen LogP contribution in [0.4, 0.5) is 5.69 Å². The molecule has 0 aliphatic carbocycles. The number of sulfonamides is 1. The lowest BCUT2D eigenvalue weighted by molar-refractivity contribution is -0.114. The molecule has 158 valence electrons. The molecule has 1 aliphatic rings. The summed E-state index contributed by atoms with van der Waals surface area (Å²) in [6, 6.07) is 12.8. The van der Waals surface area contributed by atoms with Gasteiger partial charge in [-0.05, 0) is 68.7 Å². The number of amides is 1. The summed E-state index contributed by atoms with van der Waals surface area (Å²) in [5, 5.41) is 3.91. The number of rotatable bonds is 4. The lowest BCUT2D eigenvalue weighted by Gasteiger charge is -2.31. The molecule has 1 amide bonds. The third-order valence-electron chi connectivity index (χ3n) is 5.93. The van der Waals surface area contributed by atoms with E-state index in [2.05, 4.69) is 42.3 Å². The molecule has 1 aromatic heterocycles. The normalized spacial score (nSPS) is 16.1. The van der Waals surface area contributed by atoms with E-state index in [1.165, 1.54) is 29.1 Å². The number of H-pyrrole nitrogens is 1. The van der Waals surface area contributed by atoms with Gasteiger partial charge in [0.1, 0.15) is 0 Å². The van der Waals surface area contributed by atoms with E-state index in [0.717, 1.165) is 18.4 Å². The zero-order valence-electron chi connectivity index (χ0n) is 17.5. The van der Waals surface area contributed by atoms with E-state index in [-0.39, 0.29) is 10.8 Å². The molecule has 0 saturated carbocycles. The minimum atomic E-state index is -3.54. The number of nitrogens with one attached hydrogen (secondary N) is 2. The maximum atomic E-state index is 13.0. The summed E-state index contributed by atoms with van der Waals surface area (Å²) in [6.45, 7) is 6.65. The fourth-order valence-electron chi connectivity index (χ4n) is 4.32. The second-order valence-corrected chi connectivity index (χ2v) is 10.0. The van der Waals surface area contributed by atoms with Crippen molar-refractivity contribution < 1.29 is 13.2 Å². The molecule has 0 radical (unpaired) electrons. The highest BCUT2D eigenvalue weighted by Crippen LogP contribution is 2.35. The molecule has 2 heterocycles. The minimum Gasteiger partial charge on any atom is -0.358 e. The van der Waals surface area contributed by atoms with E-state index in [1.54, 1.807) is 28.6 Å². The SMILES string of the molecule is CC(=O)Nc1ccc(S(=O)(=O)N2CCC(c3[nH]c4ccc(C)cc4c3C)CC2)cc1. The zero-order chi connectivity index (χ0) is 21.5. The first-order valence-electron chi connectivity index (χ1n) is 10.2. The fourth-order valence-corrected chi connectivity index (χ4v) is 5.79. The number of carbonyl (C=O) groups excluding carboxylic acids is 1. The van der Waals surface area contributed by atoms with Gasteiger partial charge in [0.05, 0.1) is 4.90 Å². The van der Waals surface area contributed by atoms with Gasteiger partial charge in [0, 0.05) is 48.2 Å². The predicted molar refractivity (Wildman–Crippen MR) is 119 cm³/mol. The Morgan fingerprint density at radius 2 is 1.73 bits per heavy atom. The quantitative estimate of drug-likeness (QED) is 0.653. The molecule has 2 N–H and O–H groups in total. The van der Waals surface area contributed by atoms with Crippen molar-refractivity contribution in [2.75, 3.05) is 18.4 Å². The van der Waals surface area contributed by atoms with Crippen LogP contribution in [0.2, 0.25) is 0 Å². The highest BCUT2D eigenvalue weighted by Gasteiger charge is 2.31. The molecule has 7 heteroatoms. The van der Waals surface area contributed by atoms with Crippen molar-refractivity contribution in [3.63, 3.8) is 0 Å². The molecular weight excluding hydrogens is 398 g/mol. The standard InChI is InChI=1S/C23H27N3O3S/c1-15-4-9-22-21(14-15)16(2)23(25-22)18-10-12-26(13-11-18)30(28,29)20-7-5-19(6-8-20)24-17(3)27/h4-9,14,18,25H,10-13H2,1-3H3,(H,24,27). The number of carbonyl (C=O) groups is 1. The Bertz CT molecular complexity index is 1190. The molecule has 0 unspecified atom stereocenters. The molecule has 1 aliphatic heterocycles. The first kappa shape index (κ1) is 20.6. The van der Waals surface area contributed by atoms with Gasteiger partial charge in [-0.2, -0.15) is 4.31 Å². The van der Waals surface area contributed by atoms with Crippen LogP contribution in [0.25, 0.3) is 10.9 Å². The van der Waals surface area contributed by atoms with Gasteiger partial charge in [-0.1, -0.05) is 11.6 Å². The first-order chi connectivity index (χ1) is 14.3. The van der Waals surface area contributed by atoms with Crippen molar-refractivity contribution in [2.24, 2.45) is 0 Å². The first-order valence-corrected chi connectivity index (χ1v) is 11.7. The molecule has 1 fully saturated rings. The Balaban J connectivity index is 1.49. The number of nitrogens with zero attached hydrogens (tertiary/aromatic N) is 1. The van der Waals surface area contributed by atoms with Crippen LogP contribution in [-0.2, 0) is 14.8 Å². The summed E-state index contributed by atoms with van der Waals surface area (Å²) >= 11 is 0. The van der Waals surface area contributed by atoms with E-state index >= 15 is 0 Å². The topological polar surface area (TPSA) is 82.3 Å². The molecule has 2 aromatic carbocycles. The van der Waals surface area contributed by atoms with Gasteiger partial charge >= 0.3 is 0 Å². The van der Waals surface area contributed by atoms with Crippen molar-refractivity contribution in [1.82, 2.24) is 9.29 Å². The van der Waals surface area contributed by atoms with Crippen molar-refractivity contribution >= 4 is 32.5 Å². The van der Waals surface area contributed by atoms with Gasteiger partial charge in [0.2, 0.25) is 15.9 Å². The lowest BCUT2D eigenvalue weighted by atomic mass is 9.92. The number of hydrogen-bond donors (Lipinski definition) is 2. The molecule has 0 spiro atoms. The van der Waals surface area contributed by atoms with Crippen LogP contribution in [0, 0.1) is 13.8 Å². The molecule has 4 rings (SSSR count). The Labute approximate surface area is 177 Å². The number of fused-ring (bicyclic) bond motifs is 1. The van der Waals surface area contributed by atoms with Gasteiger partial charge in [-0.3, -0.25) is 4.79 Å². The van der Waals surface area contributed by atoms with E-state index in [9.17, 15) is 13.2 Å². The van der Waals surface area contributed by atoms with Gasteiger partial charge in [-0.25, -0.2) is 8.42 Å². The smallest absolute Gasteiger partial charge is 0.243 e. The van der Waals surface area contributed by atoms with Crippen molar-refractivity contribution in [3.8, 4) is 0 Å². The Morgan fingerprint density at radius 3 is 2.37 bits per heavy atom. The molecule has 30 heavy (non-hydrogen) atoms. The number of benzene rings is 2. The van der Waals surface area contributed by atoms with Crippen LogP contribution < -0.4 is 5.32 Å². The van der Waals surface area contributed by atoms with Crippen LogP contribution in [0.15, 0.2) is 47.4 Å². The van der Waals surface area contributed by atoms with Gasteiger partial charge < -0.3 is 10.3 Å². The van der Waals surface area contributed by atoms with E-state index in [0.29, 0.717) is 24.7 Å². The Morgan fingerprint density at radius 1 is 1.07 bits per heavy atom. The van der Waals surface area contributed by atoms with Crippen LogP contribution >= 0.6 is 0 Å². The third-order valence-corrected chi connectivity index (χ3v) is 7.84. The van der Waals surface area contributed by atoms with Crippen LogP contribution in [0.3, 0.4) is 0 Å². The van der Waals surface area contributed by atoms with Crippen LogP contribution in [-0.4, -0.2) is 36.7 Å². The largest absolute Gasteiger partial charge is 0.358 e. The number of aromatic amines is 1. The van der Waals surface area contributed by atoms with E-state index in [1.807, 2.05) is 0 Å². The van der Waals surface area contributed by atoms with Crippen molar-refractivity contribution in [2.45, 2.75) is 44.4 Å². The average Bonchev–Trinajstić information content (AvgIpc) is 3.04. The number of piperidine rings is 1. The number of aromatic nitrogens is 1. The van der Waals surface area contributed by atoms with E-state index in [4.69, 9.17) is 0 Å². The van der Waals surface area contributed by atoms with Crippen molar-refractivity contribution in [3.05, 3.63) is 59.3 Å². The molecule has 0 bridgehead atoms. The Kier molecular flexibility index (Phi) is 5.42. The summed E-state index contributed by atoms with van der Waals surface area (Å²) in [5.74, 6) is 0.140. The zero-order valence-corrected chi connectivity index (χ0v) is 18.3. The maximum Gasteiger partial charge on any atom is 0.243 e. The lowest BCUT2D eigenvalue weighted by Crippen LogP contribution is -2.38. The fraction of sp³-hybridized carbons (Fsp3) is 0.348. The maximum absolute atomic E-state index is 13.0. The van der Waals surface area contributed by atoms with Crippen LogP contribution in [0.5, 0.6) is 0 Å². The van der Waals surface area contributed by atoms with Crippen molar-refractivity contribution in [1.29, 1.82) is 0 Å².